The van der Waals surface area contributed by atoms with Gasteiger partial charge in [0.05, 0.1) is 6.61 Å². The summed E-state index contributed by atoms with van der Waals surface area (Å²) in [5.74, 6) is 1.41. The Hall–Kier alpha value is -0.530. The Morgan fingerprint density at radius 2 is 1.39 bits per heavy atom. The number of carbonyl (C=O) groups excluding carboxylic acids is 1. The molecule has 0 aliphatic heterocycles. The van der Waals surface area contributed by atoms with Crippen LogP contribution in [-0.2, 0) is 9.53 Å². The molecular weight excluding hydrogens is 224 g/mol. The van der Waals surface area contributed by atoms with Crippen LogP contribution in [0.2, 0.25) is 0 Å². The number of esters is 1. The lowest BCUT2D eigenvalue weighted by atomic mass is 10.0. The van der Waals surface area contributed by atoms with E-state index in [4.69, 9.17) is 4.74 Å². The molecule has 108 valence electrons. The molecule has 0 N–H and O–H groups in total. The van der Waals surface area contributed by atoms with E-state index >= 15 is 0 Å². The van der Waals surface area contributed by atoms with Gasteiger partial charge in [0.25, 0.3) is 0 Å². The van der Waals surface area contributed by atoms with Crippen LogP contribution in [-0.4, -0.2) is 12.6 Å². The van der Waals surface area contributed by atoms with Crippen LogP contribution in [0.5, 0.6) is 0 Å². The summed E-state index contributed by atoms with van der Waals surface area (Å²) in [6, 6.07) is 0. The van der Waals surface area contributed by atoms with Crippen LogP contribution in [0.3, 0.4) is 0 Å². The second-order valence-corrected chi connectivity index (χ2v) is 6.10. The topological polar surface area (TPSA) is 26.3 Å². The molecule has 0 unspecified atom stereocenters. The number of rotatable bonds is 11. The van der Waals surface area contributed by atoms with E-state index in [1.54, 1.807) is 0 Å². The molecule has 0 bridgehead atoms. The van der Waals surface area contributed by atoms with Crippen molar-refractivity contribution in [1.82, 2.24) is 0 Å². The molecule has 0 aliphatic carbocycles. The lowest BCUT2D eigenvalue weighted by molar-refractivity contribution is -0.144. The van der Waals surface area contributed by atoms with Crippen molar-refractivity contribution < 1.29 is 9.53 Å². The molecule has 0 saturated heterocycles. The zero-order valence-corrected chi connectivity index (χ0v) is 12.8. The predicted molar refractivity (Wildman–Crippen MR) is 77.6 cm³/mol. The predicted octanol–water partition coefficient (Wildman–Crippen LogP) is 4.96. The van der Waals surface area contributed by atoms with Crippen LogP contribution in [0.1, 0.15) is 79.1 Å². The Labute approximate surface area is 113 Å². The summed E-state index contributed by atoms with van der Waals surface area (Å²) in [5.41, 5.74) is 0. The summed E-state index contributed by atoms with van der Waals surface area (Å²) in [5, 5.41) is 0. The molecule has 2 heteroatoms. The van der Waals surface area contributed by atoms with E-state index in [0.29, 0.717) is 18.9 Å². The maximum absolute atomic E-state index is 11.4. The Bertz CT molecular complexity index is 197. The van der Waals surface area contributed by atoms with Crippen LogP contribution in [0, 0.1) is 11.8 Å². The average molecular weight is 256 g/mol. The van der Waals surface area contributed by atoms with Gasteiger partial charge in [-0.05, 0) is 24.7 Å². The van der Waals surface area contributed by atoms with E-state index in [1.807, 2.05) is 0 Å². The summed E-state index contributed by atoms with van der Waals surface area (Å²) >= 11 is 0. The summed E-state index contributed by atoms with van der Waals surface area (Å²) in [6.07, 6.45) is 8.95. The quantitative estimate of drug-likeness (QED) is 0.385. The van der Waals surface area contributed by atoms with Crippen molar-refractivity contribution in [2.24, 2.45) is 11.8 Å². The minimum atomic E-state index is -0.0159. The fraction of sp³-hybridized carbons (Fsp3) is 0.938. The lowest BCUT2D eigenvalue weighted by Gasteiger charge is -2.07. The monoisotopic (exact) mass is 256 g/mol. The van der Waals surface area contributed by atoms with Crippen molar-refractivity contribution >= 4 is 5.97 Å². The van der Waals surface area contributed by atoms with Crippen molar-refractivity contribution in [3.63, 3.8) is 0 Å². The first-order valence-electron chi connectivity index (χ1n) is 7.68. The molecule has 2 nitrogen and oxygen atoms in total. The van der Waals surface area contributed by atoms with Gasteiger partial charge in [-0.15, -0.1) is 0 Å². The number of carbonyl (C=O) groups is 1. The number of unbranched alkanes of at least 4 members (excludes halogenated alkanes) is 4. The zero-order chi connectivity index (χ0) is 13.8. The average Bonchev–Trinajstić information content (AvgIpc) is 2.26. The Morgan fingerprint density at radius 1 is 0.833 bits per heavy atom. The van der Waals surface area contributed by atoms with Gasteiger partial charge in [0.2, 0.25) is 0 Å². The minimum absolute atomic E-state index is 0.0159. The highest BCUT2D eigenvalue weighted by Crippen LogP contribution is 2.11. The van der Waals surface area contributed by atoms with Crippen LogP contribution in [0.15, 0.2) is 0 Å². The minimum Gasteiger partial charge on any atom is -0.466 e. The molecular formula is C16H32O2. The van der Waals surface area contributed by atoms with Crippen molar-refractivity contribution in [1.29, 1.82) is 0 Å². The molecule has 0 spiro atoms. The lowest BCUT2D eigenvalue weighted by Crippen LogP contribution is -2.07. The third kappa shape index (κ3) is 13.5. The van der Waals surface area contributed by atoms with Crippen LogP contribution >= 0.6 is 0 Å². The number of hydrogen-bond acceptors (Lipinski definition) is 2. The van der Waals surface area contributed by atoms with Gasteiger partial charge >= 0.3 is 5.97 Å². The molecule has 0 aromatic heterocycles. The van der Waals surface area contributed by atoms with Gasteiger partial charge in [-0.3, -0.25) is 4.79 Å². The van der Waals surface area contributed by atoms with Gasteiger partial charge in [0.1, 0.15) is 0 Å². The number of ether oxygens (including phenoxy) is 1. The van der Waals surface area contributed by atoms with E-state index in [1.165, 1.54) is 25.7 Å². The molecule has 0 rings (SSSR count). The Kier molecular flexibility index (Phi) is 11.2. The Morgan fingerprint density at radius 3 is 2.00 bits per heavy atom. The summed E-state index contributed by atoms with van der Waals surface area (Å²) in [4.78, 5) is 11.4. The fourth-order valence-electron chi connectivity index (χ4n) is 1.83. The zero-order valence-electron chi connectivity index (χ0n) is 12.8. The SMILES string of the molecule is CC(C)CCCCCCCC(=O)OCCC(C)C. The molecule has 0 aliphatic rings. The van der Waals surface area contributed by atoms with Crippen molar-refractivity contribution in [2.45, 2.75) is 79.1 Å². The normalized spacial score (nSPS) is 11.2. The van der Waals surface area contributed by atoms with Gasteiger partial charge in [0.15, 0.2) is 0 Å². The molecule has 0 aromatic rings. The van der Waals surface area contributed by atoms with Crippen LogP contribution in [0.25, 0.3) is 0 Å². The van der Waals surface area contributed by atoms with E-state index in [-0.39, 0.29) is 5.97 Å². The van der Waals surface area contributed by atoms with Gasteiger partial charge in [-0.2, -0.15) is 0 Å². The first-order chi connectivity index (χ1) is 8.52. The molecule has 0 aromatic carbocycles. The van der Waals surface area contributed by atoms with E-state index < -0.39 is 0 Å². The van der Waals surface area contributed by atoms with Gasteiger partial charge in [-0.1, -0.05) is 59.8 Å². The second-order valence-electron chi connectivity index (χ2n) is 6.10. The molecule has 0 radical (unpaired) electrons. The Balaban J connectivity index is 3.20. The van der Waals surface area contributed by atoms with E-state index in [2.05, 4.69) is 27.7 Å². The van der Waals surface area contributed by atoms with Crippen LogP contribution in [0.4, 0.5) is 0 Å². The summed E-state index contributed by atoms with van der Waals surface area (Å²) in [6.45, 7) is 9.42. The molecule has 0 heterocycles. The highest BCUT2D eigenvalue weighted by atomic mass is 16.5. The molecule has 18 heavy (non-hydrogen) atoms. The second kappa shape index (κ2) is 11.6. The first kappa shape index (κ1) is 17.5. The maximum Gasteiger partial charge on any atom is 0.305 e. The summed E-state index contributed by atoms with van der Waals surface area (Å²) < 4.78 is 5.17. The standard InChI is InChI=1S/C16H32O2/c1-14(2)10-8-6-5-7-9-11-16(17)18-13-12-15(3)4/h14-15H,5-13H2,1-4H3. The van der Waals surface area contributed by atoms with E-state index in [9.17, 15) is 4.79 Å². The molecule has 0 saturated carbocycles. The van der Waals surface area contributed by atoms with E-state index in [0.717, 1.165) is 25.2 Å². The van der Waals surface area contributed by atoms with Crippen LogP contribution < -0.4 is 0 Å². The van der Waals surface area contributed by atoms with Gasteiger partial charge in [-0.25, -0.2) is 0 Å². The smallest absolute Gasteiger partial charge is 0.305 e. The summed E-state index contributed by atoms with van der Waals surface area (Å²) in [7, 11) is 0. The van der Waals surface area contributed by atoms with Gasteiger partial charge < -0.3 is 4.74 Å². The first-order valence-corrected chi connectivity index (χ1v) is 7.68. The number of hydrogen-bond donors (Lipinski definition) is 0. The highest BCUT2D eigenvalue weighted by molar-refractivity contribution is 5.69. The largest absolute Gasteiger partial charge is 0.466 e. The van der Waals surface area contributed by atoms with Gasteiger partial charge in [0, 0.05) is 6.42 Å². The third-order valence-corrected chi connectivity index (χ3v) is 3.12. The van der Waals surface area contributed by atoms with Crippen molar-refractivity contribution in [3.8, 4) is 0 Å². The molecule has 0 amide bonds. The highest BCUT2D eigenvalue weighted by Gasteiger charge is 2.03. The third-order valence-electron chi connectivity index (χ3n) is 3.12. The fourth-order valence-corrected chi connectivity index (χ4v) is 1.83. The van der Waals surface area contributed by atoms with Crippen molar-refractivity contribution in [2.75, 3.05) is 6.61 Å². The van der Waals surface area contributed by atoms with Crippen molar-refractivity contribution in [3.05, 3.63) is 0 Å². The maximum atomic E-state index is 11.4. The molecule has 0 atom stereocenters. The molecule has 0 fully saturated rings.